The third-order valence-electron chi connectivity index (χ3n) is 0.921. The highest BCUT2D eigenvalue weighted by Gasteiger charge is 1.93. The van der Waals surface area contributed by atoms with Crippen LogP contribution in [0.3, 0.4) is 0 Å². The molecule has 8 heavy (non-hydrogen) atoms. The van der Waals surface area contributed by atoms with Crippen molar-refractivity contribution in [2.45, 2.75) is 6.42 Å². The summed E-state index contributed by atoms with van der Waals surface area (Å²) in [5.74, 6) is 0.590. The average molecular weight is 115 g/mol. The smallest absolute Gasteiger partial charge is 0.0965 e. The first-order chi connectivity index (χ1) is 3.68. The predicted octanol–water partition coefficient (Wildman–Crippen LogP) is -0.126. The summed E-state index contributed by atoms with van der Waals surface area (Å²) in [6, 6.07) is 0. The Morgan fingerprint density at radius 1 is 1.62 bits per heavy atom. The minimum Gasteiger partial charge on any atom is -0.367 e. The summed E-state index contributed by atoms with van der Waals surface area (Å²) in [5, 5.41) is 7.19. The Labute approximate surface area is 50.0 Å². The molecule has 0 atom stereocenters. The van der Waals surface area contributed by atoms with Crippen LogP contribution in [-0.4, -0.2) is 31.4 Å². The van der Waals surface area contributed by atoms with Crippen molar-refractivity contribution in [3.05, 3.63) is 0 Å². The van der Waals surface area contributed by atoms with E-state index in [1.807, 2.05) is 14.1 Å². The minimum atomic E-state index is 0.566. The van der Waals surface area contributed by atoms with Crippen LogP contribution in [-0.2, 0) is 0 Å². The van der Waals surface area contributed by atoms with E-state index in [1.54, 1.807) is 4.90 Å². The summed E-state index contributed by atoms with van der Waals surface area (Å²) in [7, 11) is 3.69. The standard InChI is InChI=1S/C5H13N3/c1-8(2)5(7)3-4-6/h7H,3-4,6H2,1-2H3. The fourth-order valence-electron chi connectivity index (χ4n) is 0.360. The molecule has 0 aliphatic heterocycles. The lowest BCUT2D eigenvalue weighted by atomic mass is 10.4. The molecule has 0 aromatic rings. The van der Waals surface area contributed by atoms with Crippen molar-refractivity contribution in [3.8, 4) is 0 Å². The highest BCUT2D eigenvalue weighted by Crippen LogP contribution is 1.82. The van der Waals surface area contributed by atoms with Crippen molar-refractivity contribution in [1.82, 2.24) is 4.90 Å². The maximum absolute atomic E-state index is 7.19. The van der Waals surface area contributed by atoms with E-state index in [4.69, 9.17) is 11.1 Å². The van der Waals surface area contributed by atoms with Crippen LogP contribution in [0.4, 0.5) is 0 Å². The molecule has 0 aromatic carbocycles. The molecule has 0 fully saturated rings. The van der Waals surface area contributed by atoms with E-state index >= 15 is 0 Å². The van der Waals surface area contributed by atoms with Gasteiger partial charge in [-0.25, -0.2) is 0 Å². The van der Waals surface area contributed by atoms with E-state index in [9.17, 15) is 0 Å². The molecule has 0 heterocycles. The Hall–Kier alpha value is -0.570. The Morgan fingerprint density at radius 2 is 2.12 bits per heavy atom. The third kappa shape index (κ3) is 2.58. The number of hydrogen-bond acceptors (Lipinski definition) is 2. The van der Waals surface area contributed by atoms with Crippen molar-refractivity contribution in [3.63, 3.8) is 0 Å². The van der Waals surface area contributed by atoms with Gasteiger partial charge in [0, 0.05) is 20.5 Å². The molecule has 0 aliphatic carbocycles. The van der Waals surface area contributed by atoms with Crippen LogP contribution in [0, 0.1) is 5.41 Å². The Bertz CT molecular complexity index is 77.7. The molecule has 0 unspecified atom stereocenters. The van der Waals surface area contributed by atoms with Crippen molar-refractivity contribution in [1.29, 1.82) is 5.41 Å². The second-order valence-corrected chi connectivity index (χ2v) is 1.88. The van der Waals surface area contributed by atoms with E-state index in [-0.39, 0.29) is 0 Å². The van der Waals surface area contributed by atoms with Crippen LogP contribution in [0.25, 0.3) is 0 Å². The first-order valence-electron chi connectivity index (χ1n) is 2.63. The van der Waals surface area contributed by atoms with E-state index in [0.29, 0.717) is 18.8 Å². The van der Waals surface area contributed by atoms with Gasteiger partial charge in [-0.1, -0.05) is 0 Å². The van der Waals surface area contributed by atoms with Gasteiger partial charge < -0.3 is 10.6 Å². The third-order valence-corrected chi connectivity index (χ3v) is 0.921. The van der Waals surface area contributed by atoms with Gasteiger partial charge in [0.25, 0.3) is 0 Å². The zero-order valence-electron chi connectivity index (χ0n) is 5.44. The highest BCUT2D eigenvalue weighted by molar-refractivity contribution is 5.78. The fourth-order valence-corrected chi connectivity index (χ4v) is 0.360. The molecular weight excluding hydrogens is 102 g/mol. The van der Waals surface area contributed by atoms with E-state index in [2.05, 4.69) is 0 Å². The maximum Gasteiger partial charge on any atom is 0.0965 e. The highest BCUT2D eigenvalue weighted by atomic mass is 15.1. The molecule has 0 aliphatic rings. The quantitative estimate of drug-likeness (QED) is 0.389. The molecule has 0 aromatic heterocycles. The molecule has 0 spiro atoms. The number of hydrogen-bond donors (Lipinski definition) is 2. The summed E-state index contributed by atoms with van der Waals surface area (Å²) in [6.07, 6.45) is 0.674. The van der Waals surface area contributed by atoms with Gasteiger partial charge in [-0.15, -0.1) is 0 Å². The molecule has 3 nitrogen and oxygen atoms in total. The van der Waals surface area contributed by atoms with Crippen molar-refractivity contribution >= 4 is 5.84 Å². The molecule has 3 heteroatoms. The predicted molar refractivity (Wildman–Crippen MR) is 35.1 cm³/mol. The van der Waals surface area contributed by atoms with Gasteiger partial charge in [-0.3, -0.25) is 5.41 Å². The van der Waals surface area contributed by atoms with Gasteiger partial charge >= 0.3 is 0 Å². The normalized spacial score (nSPS) is 8.88. The number of nitrogens with two attached hydrogens (primary N) is 1. The van der Waals surface area contributed by atoms with Crippen molar-refractivity contribution in [2.24, 2.45) is 5.73 Å². The Kier molecular flexibility index (Phi) is 3.19. The number of nitrogens with one attached hydrogen (secondary N) is 1. The van der Waals surface area contributed by atoms with Gasteiger partial charge in [0.15, 0.2) is 0 Å². The topological polar surface area (TPSA) is 53.1 Å². The van der Waals surface area contributed by atoms with E-state index in [1.165, 1.54) is 0 Å². The summed E-state index contributed by atoms with van der Waals surface area (Å²) in [6.45, 7) is 0.566. The maximum atomic E-state index is 7.19. The molecular formula is C5H13N3. The number of amidine groups is 1. The average Bonchev–Trinajstić information content (AvgIpc) is 1.67. The van der Waals surface area contributed by atoms with Crippen molar-refractivity contribution < 1.29 is 0 Å². The first kappa shape index (κ1) is 7.43. The van der Waals surface area contributed by atoms with Gasteiger partial charge in [0.1, 0.15) is 0 Å². The zero-order chi connectivity index (χ0) is 6.57. The van der Waals surface area contributed by atoms with Crippen LogP contribution < -0.4 is 5.73 Å². The molecule has 0 saturated carbocycles. The van der Waals surface area contributed by atoms with E-state index < -0.39 is 0 Å². The van der Waals surface area contributed by atoms with Crippen LogP contribution in [0.2, 0.25) is 0 Å². The lowest BCUT2D eigenvalue weighted by Gasteiger charge is -2.11. The van der Waals surface area contributed by atoms with Crippen LogP contribution in [0.1, 0.15) is 6.42 Å². The fraction of sp³-hybridized carbons (Fsp3) is 0.800. The number of rotatable bonds is 2. The second-order valence-electron chi connectivity index (χ2n) is 1.88. The largest absolute Gasteiger partial charge is 0.367 e. The molecule has 48 valence electrons. The van der Waals surface area contributed by atoms with E-state index in [0.717, 1.165) is 0 Å². The van der Waals surface area contributed by atoms with Gasteiger partial charge in [0.05, 0.1) is 5.84 Å². The van der Waals surface area contributed by atoms with Crippen LogP contribution in [0.15, 0.2) is 0 Å². The summed E-state index contributed by atoms with van der Waals surface area (Å²) >= 11 is 0. The lowest BCUT2D eigenvalue weighted by molar-refractivity contribution is 0.598. The Balaban J connectivity index is 3.33. The number of nitrogens with zero attached hydrogens (tertiary/aromatic N) is 1. The molecule has 0 amide bonds. The molecule has 3 N–H and O–H groups in total. The zero-order valence-corrected chi connectivity index (χ0v) is 5.44. The summed E-state index contributed by atoms with van der Waals surface area (Å²) in [5.41, 5.74) is 5.20. The SMILES string of the molecule is CN(C)C(=N)CCN. The van der Waals surface area contributed by atoms with Crippen molar-refractivity contribution in [2.75, 3.05) is 20.6 Å². The minimum absolute atomic E-state index is 0.566. The lowest BCUT2D eigenvalue weighted by Crippen LogP contribution is -2.23. The van der Waals surface area contributed by atoms with Crippen LogP contribution in [0.5, 0.6) is 0 Å². The van der Waals surface area contributed by atoms with Crippen LogP contribution >= 0.6 is 0 Å². The summed E-state index contributed by atoms with van der Waals surface area (Å²) < 4.78 is 0. The molecule has 0 radical (unpaired) electrons. The molecule has 0 saturated heterocycles. The monoisotopic (exact) mass is 115 g/mol. The van der Waals surface area contributed by atoms with Gasteiger partial charge in [0.2, 0.25) is 0 Å². The Morgan fingerprint density at radius 3 is 2.25 bits per heavy atom. The second kappa shape index (κ2) is 3.43. The first-order valence-corrected chi connectivity index (χ1v) is 2.63. The molecule has 0 bridgehead atoms. The molecule has 0 rings (SSSR count). The summed E-state index contributed by atoms with van der Waals surface area (Å²) in [4.78, 5) is 1.76. The van der Waals surface area contributed by atoms with Gasteiger partial charge in [-0.2, -0.15) is 0 Å². The van der Waals surface area contributed by atoms with Gasteiger partial charge in [-0.05, 0) is 6.54 Å².